The van der Waals surface area contributed by atoms with Crippen molar-refractivity contribution >= 4 is 23.1 Å². The molecule has 4 nitrogen and oxygen atoms in total. The number of thioether (sulfide) groups is 1. The number of hydrogen-bond acceptors (Lipinski definition) is 4. The predicted molar refractivity (Wildman–Crippen MR) is 122 cm³/mol. The maximum Gasteiger partial charge on any atom is 0.180 e. The fraction of sp³-hybridized carbons (Fsp3) is 0.391. The summed E-state index contributed by atoms with van der Waals surface area (Å²) >= 11 is 1.46. The minimum atomic E-state index is -0.179. The Morgan fingerprint density at radius 2 is 1.54 bits per heavy atom. The molecule has 0 aliphatic heterocycles. The number of benzene rings is 2. The lowest BCUT2D eigenvalue weighted by molar-refractivity contribution is 0.423. The fourth-order valence-electron chi connectivity index (χ4n) is 2.79. The average molecular weight is 398 g/mol. The minimum absolute atomic E-state index is 0.179. The van der Waals surface area contributed by atoms with Crippen molar-refractivity contribution in [2.24, 2.45) is 15.9 Å². The Labute approximate surface area is 173 Å². The number of phenols is 1. The van der Waals surface area contributed by atoms with E-state index in [-0.39, 0.29) is 10.8 Å². The van der Waals surface area contributed by atoms with Crippen LogP contribution >= 0.6 is 11.8 Å². The topological polar surface area (TPSA) is 71.0 Å². The molecule has 3 N–H and O–H groups in total. The van der Waals surface area contributed by atoms with Gasteiger partial charge in [-0.1, -0.05) is 83.6 Å². The third-order valence-electron chi connectivity index (χ3n) is 4.34. The highest BCUT2D eigenvalue weighted by atomic mass is 32.2. The van der Waals surface area contributed by atoms with Crippen molar-refractivity contribution < 1.29 is 5.11 Å². The van der Waals surface area contributed by atoms with Crippen LogP contribution in [0.4, 0.5) is 0 Å². The lowest BCUT2D eigenvalue weighted by atomic mass is 9.78. The maximum atomic E-state index is 10.8. The lowest BCUT2D eigenvalue weighted by Gasteiger charge is -2.27. The fourth-order valence-corrected chi connectivity index (χ4v) is 3.40. The molecule has 28 heavy (non-hydrogen) atoms. The number of hydrogen-bond donors (Lipinski definition) is 2. The molecule has 0 heterocycles. The third kappa shape index (κ3) is 6.13. The molecule has 0 bridgehead atoms. The summed E-state index contributed by atoms with van der Waals surface area (Å²) in [5, 5.41) is 19.5. The molecule has 0 aliphatic carbocycles. The van der Waals surface area contributed by atoms with E-state index in [2.05, 4.69) is 63.9 Å². The first-order valence-corrected chi connectivity index (χ1v) is 10.4. The largest absolute Gasteiger partial charge is 0.507 e. The van der Waals surface area contributed by atoms with Crippen LogP contribution in [0.15, 0.2) is 52.7 Å². The van der Waals surface area contributed by atoms with E-state index in [4.69, 9.17) is 5.73 Å². The summed E-state index contributed by atoms with van der Waals surface area (Å²) in [5.74, 6) is 1.12. The van der Waals surface area contributed by atoms with E-state index in [0.29, 0.717) is 10.9 Å². The van der Waals surface area contributed by atoms with Crippen molar-refractivity contribution in [3.05, 3.63) is 64.7 Å². The van der Waals surface area contributed by atoms with Crippen LogP contribution in [0.1, 0.15) is 63.8 Å². The Morgan fingerprint density at radius 1 is 1.00 bits per heavy atom. The molecule has 0 radical (unpaired) electrons. The average Bonchev–Trinajstić information content (AvgIpc) is 2.60. The summed E-state index contributed by atoms with van der Waals surface area (Å²) in [6, 6.07) is 14.1. The minimum Gasteiger partial charge on any atom is -0.507 e. The highest BCUT2D eigenvalue weighted by Gasteiger charge is 2.26. The number of rotatable bonds is 4. The Bertz CT molecular complexity index is 825. The molecule has 0 atom stereocenters. The molecule has 5 heteroatoms. The monoisotopic (exact) mass is 397 g/mol. The summed E-state index contributed by atoms with van der Waals surface area (Å²) in [6.45, 7) is 12.5. The van der Waals surface area contributed by atoms with Gasteiger partial charge in [0.2, 0.25) is 0 Å². The number of nitrogens with two attached hydrogens (primary N) is 1. The van der Waals surface area contributed by atoms with Crippen LogP contribution in [-0.4, -0.2) is 16.5 Å². The highest BCUT2D eigenvalue weighted by Crippen LogP contribution is 2.39. The summed E-state index contributed by atoms with van der Waals surface area (Å²) in [5.41, 5.74) is 9.50. The van der Waals surface area contributed by atoms with Gasteiger partial charge in [-0.2, -0.15) is 5.10 Å². The van der Waals surface area contributed by atoms with Crippen molar-refractivity contribution in [1.82, 2.24) is 0 Å². The van der Waals surface area contributed by atoms with Crippen LogP contribution in [0.5, 0.6) is 5.75 Å². The quantitative estimate of drug-likeness (QED) is 0.402. The van der Waals surface area contributed by atoms with Crippen LogP contribution < -0.4 is 5.73 Å². The Hall–Kier alpha value is -2.27. The number of nitrogens with zero attached hydrogens (tertiary/aromatic N) is 2. The van der Waals surface area contributed by atoms with Gasteiger partial charge in [-0.3, -0.25) is 0 Å². The van der Waals surface area contributed by atoms with Crippen LogP contribution in [0.25, 0.3) is 0 Å². The van der Waals surface area contributed by atoms with Crippen LogP contribution in [0, 0.1) is 0 Å². The molecule has 0 spiro atoms. The van der Waals surface area contributed by atoms with Crippen LogP contribution in [-0.2, 0) is 16.6 Å². The SMILES string of the molecule is CC(C)(C)c1cc(C=NN=C(N)SCc2ccccc2)cc(C(C)(C)C)c1O. The van der Waals surface area contributed by atoms with Crippen molar-refractivity contribution in [3.8, 4) is 5.75 Å². The molecule has 2 aromatic carbocycles. The molecule has 0 saturated heterocycles. The van der Waals surface area contributed by atoms with Gasteiger partial charge in [0.1, 0.15) is 5.75 Å². The van der Waals surface area contributed by atoms with Crippen molar-refractivity contribution in [1.29, 1.82) is 0 Å². The van der Waals surface area contributed by atoms with Gasteiger partial charge in [0.15, 0.2) is 5.17 Å². The molecule has 0 amide bonds. The summed E-state index contributed by atoms with van der Waals surface area (Å²) in [7, 11) is 0. The molecule has 0 aliphatic rings. The van der Waals surface area contributed by atoms with Gasteiger partial charge in [0.25, 0.3) is 0 Å². The number of aromatic hydroxyl groups is 1. The molecular weight excluding hydrogens is 366 g/mol. The molecule has 150 valence electrons. The Morgan fingerprint density at radius 3 is 2.04 bits per heavy atom. The summed E-state index contributed by atoms with van der Waals surface area (Å²) in [6.07, 6.45) is 1.69. The molecule has 0 fully saturated rings. The van der Waals surface area contributed by atoms with E-state index in [0.717, 1.165) is 22.4 Å². The molecule has 0 aromatic heterocycles. The molecule has 2 rings (SSSR count). The second kappa shape index (κ2) is 8.82. The van der Waals surface area contributed by atoms with E-state index in [9.17, 15) is 5.11 Å². The van der Waals surface area contributed by atoms with Crippen LogP contribution in [0.3, 0.4) is 0 Å². The van der Waals surface area contributed by atoms with Crippen molar-refractivity contribution in [3.63, 3.8) is 0 Å². The Balaban J connectivity index is 2.22. The third-order valence-corrected chi connectivity index (χ3v) is 5.20. The summed E-state index contributed by atoms with van der Waals surface area (Å²) < 4.78 is 0. The van der Waals surface area contributed by atoms with Crippen LogP contribution in [0.2, 0.25) is 0 Å². The maximum absolute atomic E-state index is 10.8. The van der Waals surface area contributed by atoms with Gasteiger partial charge in [-0.15, -0.1) is 5.10 Å². The van der Waals surface area contributed by atoms with Gasteiger partial charge in [-0.05, 0) is 34.1 Å². The second-order valence-electron chi connectivity index (χ2n) is 8.92. The lowest BCUT2D eigenvalue weighted by Crippen LogP contribution is -2.17. The smallest absolute Gasteiger partial charge is 0.180 e. The van der Waals surface area contributed by atoms with E-state index < -0.39 is 0 Å². The standard InChI is InChI=1S/C23H31N3OS/c1-22(2,3)18-12-17(13-19(20(18)27)23(4,5)6)14-25-26-21(24)28-15-16-10-8-7-9-11-16/h7-14,27H,15H2,1-6H3,(H2,24,26). The van der Waals surface area contributed by atoms with E-state index >= 15 is 0 Å². The first kappa shape index (κ1) is 22.0. The molecule has 0 unspecified atom stereocenters. The zero-order valence-electron chi connectivity index (χ0n) is 17.7. The van der Waals surface area contributed by atoms with Gasteiger partial charge in [-0.25, -0.2) is 0 Å². The zero-order valence-corrected chi connectivity index (χ0v) is 18.5. The first-order chi connectivity index (χ1) is 13.0. The Kier molecular flexibility index (Phi) is 6.94. The number of amidine groups is 1. The van der Waals surface area contributed by atoms with E-state index in [1.54, 1.807) is 6.21 Å². The molecule has 0 saturated carbocycles. The van der Waals surface area contributed by atoms with Gasteiger partial charge in [0, 0.05) is 16.9 Å². The van der Waals surface area contributed by atoms with Gasteiger partial charge < -0.3 is 10.8 Å². The van der Waals surface area contributed by atoms with E-state index in [1.165, 1.54) is 17.3 Å². The molecular formula is C23H31N3OS. The highest BCUT2D eigenvalue weighted by molar-refractivity contribution is 8.13. The number of phenolic OH excluding ortho intramolecular Hbond substituents is 1. The predicted octanol–water partition coefficient (Wildman–Crippen LogP) is 5.57. The second-order valence-corrected chi connectivity index (χ2v) is 9.92. The normalized spacial score (nSPS) is 13.3. The molecule has 2 aromatic rings. The first-order valence-electron chi connectivity index (χ1n) is 9.39. The summed E-state index contributed by atoms with van der Waals surface area (Å²) in [4.78, 5) is 0. The van der Waals surface area contributed by atoms with Crippen molar-refractivity contribution in [2.75, 3.05) is 0 Å². The van der Waals surface area contributed by atoms with Gasteiger partial charge >= 0.3 is 0 Å². The van der Waals surface area contributed by atoms with E-state index in [1.807, 2.05) is 30.3 Å². The van der Waals surface area contributed by atoms with Gasteiger partial charge in [0.05, 0.1) is 6.21 Å². The zero-order chi connectivity index (χ0) is 20.9. The van der Waals surface area contributed by atoms with Crippen molar-refractivity contribution in [2.45, 2.75) is 58.1 Å².